The first-order chi connectivity index (χ1) is 20.9. The van der Waals surface area contributed by atoms with Gasteiger partial charge in [0.2, 0.25) is 11.2 Å². The van der Waals surface area contributed by atoms with Crippen molar-refractivity contribution in [2.75, 3.05) is 20.8 Å². The van der Waals surface area contributed by atoms with Crippen molar-refractivity contribution in [2.24, 2.45) is 0 Å². The molecule has 0 aliphatic heterocycles. The average molecular weight is 597 g/mol. The van der Waals surface area contributed by atoms with Gasteiger partial charge in [0.05, 0.1) is 36.7 Å². The number of para-hydroxylation sites is 1. The van der Waals surface area contributed by atoms with Crippen LogP contribution in [0, 0.1) is 0 Å². The van der Waals surface area contributed by atoms with Crippen molar-refractivity contribution in [1.82, 2.24) is 9.47 Å². The van der Waals surface area contributed by atoms with Crippen molar-refractivity contribution >= 4 is 33.5 Å². The second-order valence-corrected chi connectivity index (χ2v) is 11.0. The monoisotopic (exact) mass is 596 g/mol. The van der Waals surface area contributed by atoms with Gasteiger partial charge < -0.3 is 18.8 Å². The molecular formula is C34H32N2O6S. The van der Waals surface area contributed by atoms with Gasteiger partial charge in [-0.15, -0.1) is 11.3 Å². The molecule has 0 amide bonds. The molecule has 43 heavy (non-hydrogen) atoms. The van der Waals surface area contributed by atoms with Crippen LogP contribution in [0.15, 0.2) is 95.9 Å². The Morgan fingerprint density at radius 3 is 2.26 bits per heavy atom. The number of pyridine rings is 1. The molecule has 0 N–H and O–H groups in total. The van der Waals surface area contributed by atoms with E-state index in [9.17, 15) is 14.4 Å². The third-order valence-corrected chi connectivity index (χ3v) is 8.20. The van der Waals surface area contributed by atoms with Crippen LogP contribution in [0.2, 0.25) is 0 Å². The van der Waals surface area contributed by atoms with Gasteiger partial charge in [-0.05, 0) is 25.6 Å². The van der Waals surface area contributed by atoms with Gasteiger partial charge in [-0.1, -0.05) is 78.9 Å². The first-order valence-electron chi connectivity index (χ1n) is 13.9. The van der Waals surface area contributed by atoms with E-state index in [2.05, 4.69) is 4.90 Å². The van der Waals surface area contributed by atoms with Gasteiger partial charge >= 0.3 is 6.16 Å². The van der Waals surface area contributed by atoms with Gasteiger partial charge in [0.1, 0.15) is 10.6 Å². The molecule has 0 aliphatic rings. The number of methoxy groups -OCH3 is 1. The molecule has 3 aromatic carbocycles. The van der Waals surface area contributed by atoms with Gasteiger partial charge in [-0.25, -0.2) is 4.79 Å². The quantitative estimate of drug-likeness (QED) is 0.127. The van der Waals surface area contributed by atoms with Crippen molar-refractivity contribution < 1.29 is 23.8 Å². The summed E-state index contributed by atoms with van der Waals surface area (Å²) in [6.45, 7) is 2.98. The summed E-state index contributed by atoms with van der Waals surface area (Å²) in [4.78, 5) is 43.5. The van der Waals surface area contributed by atoms with Gasteiger partial charge in [-0.2, -0.15) is 0 Å². The Balaban J connectivity index is 1.71. The number of ketones is 1. The van der Waals surface area contributed by atoms with E-state index in [1.807, 2.05) is 84.4 Å². The lowest BCUT2D eigenvalue weighted by molar-refractivity contribution is 0.103. The van der Waals surface area contributed by atoms with Gasteiger partial charge in [0, 0.05) is 29.8 Å². The Hall–Kier alpha value is -4.73. The van der Waals surface area contributed by atoms with E-state index in [1.54, 1.807) is 26.2 Å². The Labute approximate surface area is 253 Å². The predicted molar refractivity (Wildman–Crippen MR) is 167 cm³/mol. The van der Waals surface area contributed by atoms with Crippen LogP contribution >= 0.6 is 11.3 Å². The fraction of sp³-hybridized carbons (Fsp3) is 0.206. The molecule has 0 atom stereocenters. The van der Waals surface area contributed by atoms with E-state index >= 15 is 0 Å². The molecule has 9 heteroatoms. The number of carbonyl (C=O) groups excluding carboxylic acids is 2. The van der Waals surface area contributed by atoms with Crippen LogP contribution in [-0.4, -0.2) is 42.2 Å². The molecule has 220 valence electrons. The zero-order valence-corrected chi connectivity index (χ0v) is 25.1. The first kappa shape index (κ1) is 29.8. The molecule has 0 saturated carbocycles. The van der Waals surface area contributed by atoms with Crippen LogP contribution in [0.4, 0.5) is 4.79 Å². The summed E-state index contributed by atoms with van der Waals surface area (Å²) in [5, 5.41) is 0.334. The number of ether oxygens (including phenoxy) is 3. The lowest BCUT2D eigenvalue weighted by atomic mass is 10.0. The number of hydrogen-bond acceptors (Lipinski definition) is 8. The van der Waals surface area contributed by atoms with Crippen LogP contribution in [0.3, 0.4) is 0 Å². The summed E-state index contributed by atoms with van der Waals surface area (Å²) in [5.41, 5.74) is 2.57. The van der Waals surface area contributed by atoms with E-state index < -0.39 is 11.6 Å². The number of thiophene rings is 1. The van der Waals surface area contributed by atoms with Crippen LogP contribution in [-0.2, 0) is 24.4 Å². The second kappa shape index (κ2) is 13.5. The second-order valence-electron chi connectivity index (χ2n) is 9.99. The zero-order valence-electron chi connectivity index (χ0n) is 24.2. The van der Waals surface area contributed by atoms with Gasteiger partial charge in [0.25, 0.3) is 0 Å². The van der Waals surface area contributed by atoms with E-state index in [4.69, 9.17) is 14.2 Å². The van der Waals surface area contributed by atoms with Crippen LogP contribution in [0.25, 0.3) is 10.2 Å². The highest BCUT2D eigenvalue weighted by Crippen LogP contribution is 2.35. The van der Waals surface area contributed by atoms with Crippen LogP contribution < -0.4 is 14.9 Å². The number of aromatic nitrogens is 1. The third-order valence-electron chi connectivity index (χ3n) is 6.93. The Morgan fingerprint density at radius 2 is 1.56 bits per heavy atom. The van der Waals surface area contributed by atoms with Gasteiger partial charge in [0.15, 0.2) is 5.75 Å². The number of rotatable bonds is 11. The van der Waals surface area contributed by atoms with E-state index in [0.717, 1.165) is 11.1 Å². The fourth-order valence-corrected chi connectivity index (χ4v) is 6.24. The molecule has 0 saturated heterocycles. The summed E-state index contributed by atoms with van der Waals surface area (Å²) >= 11 is 1.26. The first-order valence-corrected chi connectivity index (χ1v) is 14.7. The SMILES string of the molecule is CCOC(=O)Oc1cn(Cc2ccccc2OC)c2sc(C(=O)c3ccccc3)c(CN(C)Cc3ccccc3)c2c1=O. The molecule has 0 fully saturated rings. The summed E-state index contributed by atoms with van der Waals surface area (Å²) in [5.74, 6) is 0.313. The topological polar surface area (TPSA) is 87.1 Å². The van der Waals surface area contributed by atoms with Crippen molar-refractivity contribution in [3.8, 4) is 11.5 Å². The number of fused-ring (bicyclic) bond motifs is 1. The molecule has 5 rings (SSSR count). The molecule has 5 aromatic rings. The molecule has 2 heterocycles. The summed E-state index contributed by atoms with van der Waals surface area (Å²) in [6.07, 6.45) is 0.528. The molecule has 0 unspecified atom stereocenters. The minimum absolute atomic E-state index is 0.0974. The van der Waals surface area contributed by atoms with Gasteiger partial charge in [-0.3, -0.25) is 14.5 Å². The lowest BCUT2D eigenvalue weighted by Gasteiger charge is -2.18. The normalized spacial score (nSPS) is 11.1. The molecule has 2 aromatic heterocycles. The molecular weight excluding hydrogens is 564 g/mol. The fourth-order valence-electron chi connectivity index (χ4n) is 4.99. The Morgan fingerprint density at radius 1 is 0.884 bits per heavy atom. The largest absolute Gasteiger partial charge is 0.514 e. The summed E-state index contributed by atoms with van der Waals surface area (Å²) < 4.78 is 17.8. The summed E-state index contributed by atoms with van der Waals surface area (Å²) in [6, 6.07) is 26.5. The molecule has 0 radical (unpaired) electrons. The minimum Gasteiger partial charge on any atom is -0.496 e. The maximum absolute atomic E-state index is 14.0. The lowest BCUT2D eigenvalue weighted by Crippen LogP contribution is -2.21. The number of nitrogens with zero attached hydrogens (tertiary/aromatic N) is 2. The Kier molecular flexibility index (Phi) is 9.34. The maximum Gasteiger partial charge on any atom is 0.514 e. The van der Waals surface area contributed by atoms with Crippen LogP contribution in [0.1, 0.15) is 38.8 Å². The molecule has 8 nitrogen and oxygen atoms in total. The smallest absolute Gasteiger partial charge is 0.496 e. The molecule has 0 aliphatic carbocycles. The predicted octanol–water partition coefficient (Wildman–Crippen LogP) is 6.52. The zero-order chi connectivity index (χ0) is 30.3. The summed E-state index contributed by atoms with van der Waals surface area (Å²) in [7, 11) is 3.54. The minimum atomic E-state index is -0.971. The number of carbonyl (C=O) groups is 2. The van der Waals surface area contributed by atoms with Crippen molar-refractivity contribution in [1.29, 1.82) is 0 Å². The molecule has 0 bridgehead atoms. The average Bonchev–Trinajstić information content (AvgIpc) is 3.39. The van der Waals surface area contributed by atoms with E-state index in [1.165, 1.54) is 17.5 Å². The molecule has 0 spiro atoms. The van der Waals surface area contributed by atoms with E-state index in [0.29, 0.717) is 51.6 Å². The number of hydrogen-bond donors (Lipinski definition) is 0. The van der Waals surface area contributed by atoms with Crippen molar-refractivity contribution in [2.45, 2.75) is 26.6 Å². The van der Waals surface area contributed by atoms with Crippen LogP contribution in [0.5, 0.6) is 11.5 Å². The third kappa shape index (κ3) is 6.69. The van der Waals surface area contributed by atoms with E-state index in [-0.39, 0.29) is 18.1 Å². The highest BCUT2D eigenvalue weighted by atomic mass is 32.1. The highest BCUT2D eigenvalue weighted by molar-refractivity contribution is 7.20. The highest BCUT2D eigenvalue weighted by Gasteiger charge is 2.27. The van der Waals surface area contributed by atoms with Crippen molar-refractivity contribution in [3.05, 3.63) is 128 Å². The maximum atomic E-state index is 14.0. The Bertz CT molecular complexity index is 1800. The van der Waals surface area contributed by atoms with Crippen molar-refractivity contribution in [3.63, 3.8) is 0 Å². The number of benzene rings is 3. The standard InChI is InChI=1S/C34H32N2O6S/c1-4-41-34(39)42-28-22-36(20-25-17-11-12-18-27(25)40-3)33-29(31(28)38)26(21-35(2)19-23-13-7-5-8-14-23)32(43-33)30(37)24-15-9-6-10-16-24/h5-18,22H,4,19-21H2,1-3H3.